The average molecular weight is 395 g/mol. The average Bonchev–Trinajstić information content (AvgIpc) is 3.55. The van der Waals surface area contributed by atoms with Gasteiger partial charge in [-0.2, -0.15) is 5.10 Å². The summed E-state index contributed by atoms with van der Waals surface area (Å²) in [4.78, 5) is 26.7. The van der Waals surface area contributed by atoms with E-state index < -0.39 is 0 Å². The molecule has 1 aliphatic carbocycles. The van der Waals surface area contributed by atoms with Crippen LogP contribution < -0.4 is 4.90 Å². The minimum absolute atomic E-state index is 0.0756. The minimum Gasteiger partial charge on any atom is -0.341 e. The second-order valence-corrected chi connectivity index (χ2v) is 8.73. The summed E-state index contributed by atoms with van der Waals surface area (Å²) >= 11 is 0. The summed E-state index contributed by atoms with van der Waals surface area (Å²) in [6.07, 6.45) is 13.8. The van der Waals surface area contributed by atoms with Gasteiger partial charge in [0.15, 0.2) is 0 Å². The van der Waals surface area contributed by atoms with Crippen molar-refractivity contribution in [3.8, 4) is 11.3 Å². The van der Waals surface area contributed by atoms with Crippen molar-refractivity contribution in [2.75, 3.05) is 24.5 Å². The van der Waals surface area contributed by atoms with Crippen LogP contribution in [0, 0.1) is 5.92 Å². The lowest BCUT2D eigenvalue weighted by atomic mass is 10.0. The molecule has 154 valence electrons. The summed E-state index contributed by atoms with van der Waals surface area (Å²) in [7, 11) is 0. The molecule has 2 aromatic heterocycles. The number of carbonyl (C=O) groups excluding carboxylic acids is 1. The van der Waals surface area contributed by atoms with Gasteiger partial charge in [-0.15, -0.1) is 0 Å². The van der Waals surface area contributed by atoms with Crippen LogP contribution >= 0.6 is 0 Å². The van der Waals surface area contributed by atoms with Gasteiger partial charge in [0.05, 0.1) is 23.6 Å². The van der Waals surface area contributed by atoms with E-state index >= 15 is 0 Å². The van der Waals surface area contributed by atoms with Gasteiger partial charge in [0.2, 0.25) is 11.9 Å². The van der Waals surface area contributed by atoms with E-state index in [0.29, 0.717) is 18.2 Å². The zero-order valence-electron chi connectivity index (χ0n) is 17.0. The highest BCUT2D eigenvalue weighted by Crippen LogP contribution is 2.38. The molecule has 1 unspecified atom stereocenters. The predicted molar refractivity (Wildman–Crippen MR) is 111 cm³/mol. The third-order valence-electron chi connectivity index (χ3n) is 6.82. The number of amides is 1. The number of rotatable bonds is 5. The van der Waals surface area contributed by atoms with Gasteiger partial charge in [0, 0.05) is 37.8 Å². The van der Waals surface area contributed by atoms with Crippen molar-refractivity contribution in [1.29, 1.82) is 0 Å². The monoisotopic (exact) mass is 394 g/mol. The van der Waals surface area contributed by atoms with Gasteiger partial charge in [-0.05, 0) is 50.5 Å². The van der Waals surface area contributed by atoms with Crippen LogP contribution in [0.2, 0.25) is 0 Å². The molecule has 0 bridgehead atoms. The quantitative estimate of drug-likeness (QED) is 0.836. The van der Waals surface area contributed by atoms with E-state index in [9.17, 15) is 4.79 Å². The Morgan fingerprint density at radius 3 is 2.72 bits per heavy atom. The van der Waals surface area contributed by atoms with Gasteiger partial charge in [0.1, 0.15) is 0 Å². The first-order valence-corrected chi connectivity index (χ1v) is 11.2. The zero-order valence-corrected chi connectivity index (χ0v) is 17.0. The summed E-state index contributed by atoms with van der Waals surface area (Å²) < 4.78 is 0. The number of hydrogen-bond acceptors (Lipinski definition) is 5. The van der Waals surface area contributed by atoms with E-state index in [1.165, 1.54) is 38.5 Å². The summed E-state index contributed by atoms with van der Waals surface area (Å²) in [5, 5.41) is 7.53. The molecule has 0 aromatic carbocycles. The van der Waals surface area contributed by atoms with Crippen LogP contribution in [0.1, 0.15) is 69.5 Å². The molecule has 5 rings (SSSR count). The van der Waals surface area contributed by atoms with Gasteiger partial charge in [-0.25, -0.2) is 9.97 Å². The molecule has 2 aromatic rings. The largest absolute Gasteiger partial charge is 0.341 e. The molecule has 1 atom stereocenters. The molecule has 0 radical (unpaired) electrons. The molecule has 7 nitrogen and oxygen atoms in total. The Hall–Kier alpha value is -2.44. The third kappa shape index (κ3) is 3.74. The molecule has 2 saturated heterocycles. The second-order valence-electron chi connectivity index (χ2n) is 8.73. The minimum atomic E-state index is 0.0756. The van der Waals surface area contributed by atoms with Crippen molar-refractivity contribution in [3.63, 3.8) is 0 Å². The van der Waals surface area contributed by atoms with Crippen LogP contribution in [0.25, 0.3) is 11.3 Å². The Kier molecular flexibility index (Phi) is 5.21. The predicted octanol–water partition coefficient (Wildman–Crippen LogP) is 3.71. The van der Waals surface area contributed by atoms with Crippen molar-refractivity contribution >= 4 is 11.9 Å². The summed E-state index contributed by atoms with van der Waals surface area (Å²) in [6.45, 7) is 2.89. The van der Waals surface area contributed by atoms with Crippen LogP contribution in [0.4, 0.5) is 5.95 Å². The lowest BCUT2D eigenvalue weighted by Gasteiger charge is -2.26. The van der Waals surface area contributed by atoms with E-state index in [4.69, 9.17) is 4.98 Å². The Morgan fingerprint density at radius 2 is 1.90 bits per heavy atom. The number of hydrogen-bond donors (Lipinski definition) is 1. The van der Waals surface area contributed by atoms with E-state index in [-0.39, 0.29) is 6.04 Å². The van der Waals surface area contributed by atoms with Gasteiger partial charge >= 0.3 is 0 Å². The topological polar surface area (TPSA) is 78.0 Å². The Bertz CT molecular complexity index is 852. The molecule has 2 aliphatic heterocycles. The normalized spacial score (nSPS) is 22.7. The number of anilines is 1. The molecule has 3 aliphatic rings. The van der Waals surface area contributed by atoms with Crippen molar-refractivity contribution in [2.24, 2.45) is 5.92 Å². The molecular formula is C22H30N6O. The fourth-order valence-corrected chi connectivity index (χ4v) is 5.27. The number of nitrogens with one attached hydrogen (secondary N) is 1. The van der Waals surface area contributed by atoms with E-state index in [1.807, 2.05) is 18.5 Å². The molecule has 7 heteroatoms. The van der Waals surface area contributed by atoms with Gasteiger partial charge in [-0.3, -0.25) is 9.89 Å². The van der Waals surface area contributed by atoms with E-state index in [1.54, 1.807) is 0 Å². The molecule has 29 heavy (non-hydrogen) atoms. The first-order chi connectivity index (χ1) is 14.3. The Morgan fingerprint density at radius 1 is 1.07 bits per heavy atom. The number of carbonyl (C=O) groups is 1. The lowest BCUT2D eigenvalue weighted by molar-refractivity contribution is -0.133. The fraction of sp³-hybridized carbons (Fsp3) is 0.636. The standard InChI is InChI=1S/C22H30N6O/c29-20(14-16-6-1-2-7-16)28-13-5-8-19(28)21-17(15-24-26-21)18-9-10-23-22(25-18)27-11-3-4-12-27/h9-10,15-16,19H,1-8,11-14H2,(H,24,26). The lowest BCUT2D eigenvalue weighted by Crippen LogP contribution is -2.32. The highest BCUT2D eigenvalue weighted by Gasteiger charge is 2.34. The number of H-pyrrole nitrogens is 1. The van der Waals surface area contributed by atoms with Gasteiger partial charge in [0.25, 0.3) is 0 Å². The van der Waals surface area contributed by atoms with Crippen molar-refractivity contribution in [2.45, 2.75) is 63.8 Å². The number of likely N-dealkylation sites (tertiary alicyclic amines) is 1. The van der Waals surface area contributed by atoms with Gasteiger partial charge in [-0.1, -0.05) is 12.8 Å². The fourth-order valence-electron chi connectivity index (χ4n) is 5.27. The molecular weight excluding hydrogens is 364 g/mol. The van der Waals surface area contributed by atoms with Gasteiger partial charge < -0.3 is 9.80 Å². The highest BCUT2D eigenvalue weighted by atomic mass is 16.2. The second kappa shape index (κ2) is 8.13. The van der Waals surface area contributed by atoms with E-state index in [2.05, 4.69) is 25.0 Å². The molecule has 4 heterocycles. The Labute approximate surface area is 171 Å². The van der Waals surface area contributed by atoms with Crippen LogP contribution in [0.3, 0.4) is 0 Å². The SMILES string of the molecule is O=C(CC1CCCC1)N1CCCC1c1[nH]ncc1-c1ccnc(N2CCCC2)n1. The number of aromatic amines is 1. The maximum absolute atomic E-state index is 13.0. The molecule has 0 spiro atoms. The van der Waals surface area contributed by atoms with Crippen molar-refractivity contribution < 1.29 is 4.79 Å². The summed E-state index contributed by atoms with van der Waals surface area (Å²) in [6, 6.07) is 2.03. The van der Waals surface area contributed by atoms with Crippen LogP contribution in [0.5, 0.6) is 0 Å². The number of aromatic nitrogens is 4. The summed E-state index contributed by atoms with van der Waals surface area (Å²) in [5.74, 6) is 1.68. The van der Waals surface area contributed by atoms with Crippen molar-refractivity contribution in [1.82, 2.24) is 25.1 Å². The highest BCUT2D eigenvalue weighted by molar-refractivity contribution is 5.78. The number of nitrogens with zero attached hydrogens (tertiary/aromatic N) is 5. The van der Waals surface area contributed by atoms with E-state index in [0.717, 1.165) is 55.4 Å². The van der Waals surface area contributed by atoms with Crippen LogP contribution in [-0.2, 0) is 4.79 Å². The first kappa shape index (κ1) is 18.6. The third-order valence-corrected chi connectivity index (χ3v) is 6.82. The zero-order chi connectivity index (χ0) is 19.6. The first-order valence-electron chi connectivity index (χ1n) is 11.2. The summed E-state index contributed by atoms with van der Waals surface area (Å²) in [5.41, 5.74) is 2.91. The maximum atomic E-state index is 13.0. The van der Waals surface area contributed by atoms with Crippen LogP contribution in [-0.4, -0.2) is 50.6 Å². The maximum Gasteiger partial charge on any atom is 0.225 e. The molecule has 3 fully saturated rings. The smallest absolute Gasteiger partial charge is 0.225 e. The van der Waals surface area contributed by atoms with Crippen molar-refractivity contribution in [3.05, 3.63) is 24.2 Å². The molecule has 1 saturated carbocycles. The molecule has 1 amide bonds. The molecule has 1 N–H and O–H groups in total. The van der Waals surface area contributed by atoms with Crippen LogP contribution in [0.15, 0.2) is 18.5 Å². The Balaban J connectivity index is 1.38.